The van der Waals surface area contributed by atoms with E-state index in [0.29, 0.717) is 22.6 Å². The van der Waals surface area contributed by atoms with Crippen molar-refractivity contribution in [2.24, 2.45) is 10.3 Å². The van der Waals surface area contributed by atoms with Gasteiger partial charge >= 0.3 is 50.7 Å². The number of aromatic hydroxyl groups is 2. The summed E-state index contributed by atoms with van der Waals surface area (Å²) in [6.45, 7) is 1.27. The van der Waals surface area contributed by atoms with Gasteiger partial charge in [-0.25, -0.2) is 4.79 Å². The monoisotopic (exact) mass is 744 g/mol. The van der Waals surface area contributed by atoms with Gasteiger partial charge in [-0.1, -0.05) is 95.2 Å². The first-order valence-corrected chi connectivity index (χ1v) is 11.2. The number of carbonyl (C=O) groups is 1. The van der Waals surface area contributed by atoms with Crippen LogP contribution in [0.3, 0.4) is 0 Å². The first-order chi connectivity index (χ1) is 18.7. The van der Waals surface area contributed by atoms with Gasteiger partial charge in [0.2, 0.25) is 0 Å². The van der Waals surface area contributed by atoms with Crippen molar-refractivity contribution >= 4 is 17.4 Å². The summed E-state index contributed by atoms with van der Waals surface area (Å²) in [6, 6.07) is 32.0. The van der Waals surface area contributed by atoms with Crippen molar-refractivity contribution in [1.29, 1.82) is 0 Å². The number of hydrogen-bond donors (Lipinski definition) is 3. The Bertz CT molecular complexity index is 1430. The van der Waals surface area contributed by atoms with Crippen molar-refractivity contribution in [2.75, 3.05) is 0 Å². The predicted molar refractivity (Wildman–Crippen MR) is 144 cm³/mol. The van der Waals surface area contributed by atoms with Crippen LogP contribution >= 0.6 is 0 Å². The van der Waals surface area contributed by atoms with Gasteiger partial charge in [0.15, 0.2) is 0 Å². The molecule has 0 unspecified atom stereocenters. The van der Waals surface area contributed by atoms with E-state index in [0.717, 1.165) is 11.1 Å². The van der Waals surface area contributed by atoms with Gasteiger partial charge in [0.1, 0.15) is 22.9 Å². The van der Waals surface area contributed by atoms with E-state index < -0.39 is 11.1 Å². The van der Waals surface area contributed by atoms with Gasteiger partial charge in [-0.15, -0.1) is 0 Å². The summed E-state index contributed by atoms with van der Waals surface area (Å²) in [5, 5.41) is 50.4. The maximum Gasteiger partial charge on any atom is 1.00 e. The van der Waals surface area contributed by atoms with Gasteiger partial charge in [-0.3, -0.25) is 0 Å². The SMILES string of the molecule is CC(=O)ON=C(c1ccccc1)c1ccccc1O.O=[N+]([O-])[O-].ON=C(c1ccccc1)c1ccccc1O.[Ag+].[Ag+]. The number of carbonyl (C=O) groups excluding carboxylic acids is 1. The minimum Gasteiger partial charge on any atom is -0.507 e. The van der Waals surface area contributed by atoms with Crippen LogP contribution in [0, 0.1) is 15.3 Å². The molecule has 0 atom stereocenters. The van der Waals surface area contributed by atoms with Crippen molar-refractivity contribution in [2.45, 2.75) is 6.92 Å². The summed E-state index contributed by atoms with van der Waals surface area (Å²) >= 11 is 0. The normalized spacial score (nSPS) is 10.2. The van der Waals surface area contributed by atoms with Crippen LogP contribution in [0.1, 0.15) is 29.2 Å². The molecule has 4 rings (SSSR count). The molecule has 3 N–H and O–H groups in total. The van der Waals surface area contributed by atoms with E-state index in [2.05, 4.69) is 10.3 Å². The quantitative estimate of drug-likeness (QED) is 0.0632. The Morgan fingerprint density at radius 1 is 0.683 bits per heavy atom. The second-order valence-corrected chi connectivity index (χ2v) is 7.46. The van der Waals surface area contributed by atoms with Crippen LogP contribution < -0.4 is 0 Å². The molecule has 0 aliphatic heterocycles. The zero-order valence-corrected chi connectivity index (χ0v) is 24.2. The molecule has 41 heavy (non-hydrogen) atoms. The summed E-state index contributed by atoms with van der Waals surface area (Å²) in [4.78, 5) is 23.9. The fourth-order valence-electron chi connectivity index (χ4n) is 3.17. The largest absolute Gasteiger partial charge is 1.00 e. The van der Waals surface area contributed by atoms with E-state index >= 15 is 0 Å². The Morgan fingerprint density at radius 2 is 1.02 bits per heavy atom. The molecule has 4 aromatic carbocycles. The second kappa shape index (κ2) is 19.8. The molecule has 0 saturated carbocycles. The van der Waals surface area contributed by atoms with E-state index in [1.54, 1.807) is 48.5 Å². The molecule has 0 heterocycles. The Balaban J connectivity index is 0.000000668. The molecule has 11 nitrogen and oxygen atoms in total. The maximum atomic E-state index is 10.9. The number of para-hydroxylation sites is 2. The number of phenols is 2. The molecular weight excluding hydrogens is 722 g/mol. The van der Waals surface area contributed by atoms with Crippen LogP contribution in [0.4, 0.5) is 0 Å². The topological polar surface area (TPSA) is 178 Å². The van der Waals surface area contributed by atoms with Crippen LogP contribution in [0.25, 0.3) is 0 Å². The van der Waals surface area contributed by atoms with Crippen molar-refractivity contribution in [1.82, 2.24) is 0 Å². The molecule has 0 radical (unpaired) electrons. The Labute approximate surface area is 266 Å². The number of oxime groups is 2. The van der Waals surface area contributed by atoms with Crippen molar-refractivity contribution in [3.8, 4) is 11.5 Å². The molecule has 0 bridgehead atoms. The molecule has 0 aromatic heterocycles. The molecule has 0 aliphatic rings. The first kappa shape index (κ1) is 36.8. The fraction of sp³-hybridized carbons (Fsp3) is 0.0357. The first-order valence-electron chi connectivity index (χ1n) is 11.2. The minimum absolute atomic E-state index is 0. The average molecular weight is 746 g/mol. The number of benzene rings is 4. The van der Waals surface area contributed by atoms with Gasteiger partial charge in [0.25, 0.3) is 0 Å². The summed E-state index contributed by atoms with van der Waals surface area (Å²) in [5.41, 5.74) is 3.30. The summed E-state index contributed by atoms with van der Waals surface area (Å²) in [5.74, 6) is -0.333. The average Bonchev–Trinajstić information content (AvgIpc) is 2.92. The number of nitrogens with zero attached hydrogens (tertiary/aromatic N) is 3. The summed E-state index contributed by atoms with van der Waals surface area (Å²) in [7, 11) is 0. The Morgan fingerprint density at radius 3 is 1.39 bits per heavy atom. The summed E-state index contributed by atoms with van der Waals surface area (Å²) < 4.78 is 0. The molecular formula is C28H24Ag2N3O8+. The van der Waals surface area contributed by atoms with Crippen LogP contribution in [-0.4, -0.2) is 37.9 Å². The zero-order chi connectivity index (χ0) is 28.6. The van der Waals surface area contributed by atoms with Crippen LogP contribution in [0.5, 0.6) is 11.5 Å². The van der Waals surface area contributed by atoms with Crippen molar-refractivity contribution < 1.29 is 74.9 Å². The molecule has 0 fully saturated rings. The van der Waals surface area contributed by atoms with Crippen LogP contribution in [0.2, 0.25) is 0 Å². The third-order valence-electron chi connectivity index (χ3n) is 4.78. The summed E-state index contributed by atoms with van der Waals surface area (Å²) in [6.07, 6.45) is 0. The Hall–Kier alpha value is -4.23. The van der Waals surface area contributed by atoms with Gasteiger partial charge < -0.3 is 35.6 Å². The van der Waals surface area contributed by atoms with E-state index in [1.165, 1.54) is 6.92 Å². The van der Waals surface area contributed by atoms with Crippen molar-refractivity contribution in [3.05, 3.63) is 147 Å². The third-order valence-corrected chi connectivity index (χ3v) is 4.78. The standard InChI is InChI=1S/C15H13NO3.C13H11NO2.2Ag.NO3/c1-11(17)19-16-15(12-7-3-2-4-8-12)13-9-5-6-10-14(13)18;15-12-9-5-4-8-11(12)13(14-16)10-6-2-1-3-7-10;;;2-1(3)4/h2-10,18H,1H3;1-9,15-16H;;;/q;;2*+1;-1. The minimum atomic E-state index is -1.75. The number of phenolic OH excluding ortho intramolecular Hbond substituents is 2. The van der Waals surface area contributed by atoms with Gasteiger partial charge in [0.05, 0.1) is 5.09 Å². The van der Waals surface area contributed by atoms with E-state index in [-0.39, 0.29) is 56.3 Å². The predicted octanol–water partition coefficient (Wildman–Crippen LogP) is 5.08. The molecule has 0 aliphatic carbocycles. The van der Waals surface area contributed by atoms with Gasteiger partial charge in [0, 0.05) is 29.2 Å². The van der Waals surface area contributed by atoms with Gasteiger partial charge in [-0.05, 0) is 24.3 Å². The smallest absolute Gasteiger partial charge is 0.507 e. The molecule has 13 heteroatoms. The number of rotatable bonds is 5. The van der Waals surface area contributed by atoms with Crippen LogP contribution in [0.15, 0.2) is 120 Å². The third kappa shape index (κ3) is 12.7. The van der Waals surface area contributed by atoms with E-state index in [4.69, 9.17) is 25.4 Å². The fourth-order valence-corrected chi connectivity index (χ4v) is 3.17. The Kier molecular flexibility index (Phi) is 17.7. The van der Waals surface area contributed by atoms with E-state index in [9.17, 15) is 15.0 Å². The molecule has 220 valence electrons. The second-order valence-electron chi connectivity index (χ2n) is 7.46. The molecule has 4 aromatic rings. The molecule has 0 spiro atoms. The number of hydrogen-bond acceptors (Lipinski definition) is 10. The molecule has 0 saturated heterocycles. The molecule has 0 amide bonds. The van der Waals surface area contributed by atoms with Crippen LogP contribution in [-0.2, 0) is 54.4 Å². The zero-order valence-electron chi connectivity index (χ0n) is 21.2. The van der Waals surface area contributed by atoms with Gasteiger partial charge in [-0.2, -0.15) is 0 Å². The maximum absolute atomic E-state index is 10.9. The van der Waals surface area contributed by atoms with E-state index in [1.807, 2.05) is 60.7 Å². The van der Waals surface area contributed by atoms with Crippen molar-refractivity contribution in [3.63, 3.8) is 0 Å².